The molecule has 0 spiro atoms. The number of ketones is 2. The summed E-state index contributed by atoms with van der Waals surface area (Å²) in [6, 6.07) is 50.2. The van der Waals surface area contributed by atoms with Crippen molar-refractivity contribution in [2.45, 2.75) is 82.5 Å². The summed E-state index contributed by atoms with van der Waals surface area (Å²) in [5, 5.41) is 0. The fourth-order valence-corrected chi connectivity index (χ4v) is 14.9. The van der Waals surface area contributed by atoms with Gasteiger partial charge in [-0.25, -0.2) is 9.97 Å². The van der Waals surface area contributed by atoms with Crippen LogP contribution in [-0.4, -0.2) is 31.5 Å². The normalized spacial score (nSPS) is 25.0. The molecule has 6 heteroatoms. The van der Waals surface area contributed by atoms with E-state index >= 15 is 0 Å². The highest BCUT2D eigenvalue weighted by molar-refractivity contribution is 6.18. The second-order valence-electron chi connectivity index (χ2n) is 22.0. The molecule has 9 aliphatic rings. The SMILES string of the molecule is O=C1C=CC(=O)C(C23CCC(C45CCC(c6ccc(-c7c8nc(c(-c9ccccc9)c9ccc([nH]9)c(-c9ccccc9)c9nc(c(-c%10ccccc%10)c%10ccc7[nH]%10)C=C9)C=C8)cc6)(CC4)CC5)(CC2)CC3)=C1. The van der Waals surface area contributed by atoms with E-state index in [1.54, 1.807) is 6.08 Å². The average molecular weight is 937 g/mol. The van der Waals surface area contributed by atoms with Gasteiger partial charge in [0.05, 0.1) is 22.8 Å². The lowest BCUT2D eigenvalue weighted by Gasteiger charge is -2.67. The van der Waals surface area contributed by atoms with Crippen LogP contribution in [0.2, 0.25) is 0 Å². The lowest BCUT2D eigenvalue weighted by atomic mass is 9.37. The second kappa shape index (κ2) is 16.4. The maximum absolute atomic E-state index is 13.1. The Bertz CT molecular complexity index is 3590. The number of fused-ring (bicyclic) bond motifs is 14. The van der Waals surface area contributed by atoms with E-state index in [0.29, 0.717) is 10.8 Å². The molecule has 12 bridgehead atoms. The molecule has 4 aromatic carbocycles. The number of hydrogen-bond acceptors (Lipinski definition) is 4. The van der Waals surface area contributed by atoms with Gasteiger partial charge in [0.2, 0.25) is 0 Å². The Labute approximate surface area is 420 Å². The fourth-order valence-electron chi connectivity index (χ4n) is 14.9. The van der Waals surface area contributed by atoms with Crippen LogP contribution in [0, 0.1) is 16.2 Å². The van der Waals surface area contributed by atoms with Crippen LogP contribution in [0.1, 0.15) is 105 Å². The summed E-state index contributed by atoms with van der Waals surface area (Å²) in [5.41, 5.74) is 19.3. The smallest absolute Gasteiger partial charge is 0.182 e. The predicted octanol–water partition coefficient (Wildman–Crippen LogP) is 15.9. The van der Waals surface area contributed by atoms with Crippen molar-refractivity contribution >= 4 is 57.9 Å². The van der Waals surface area contributed by atoms with E-state index in [1.165, 1.54) is 75.5 Å². The molecule has 2 aliphatic heterocycles. The first kappa shape index (κ1) is 43.1. The zero-order valence-electron chi connectivity index (χ0n) is 40.5. The number of allylic oxidation sites excluding steroid dienone is 4. The molecule has 0 amide bonds. The largest absolute Gasteiger partial charge is 0.354 e. The number of aromatic amines is 2. The first-order chi connectivity index (χ1) is 35.3. The standard InChI is InChI=1S/C66H56N4O2/c71-48-20-29-58(72)49(42-48)64-33-39-66(40-34-64,41-35-64)65-36-30-63(31-37-65,32-38-65)47-18-16-46(17-19-47)62-56-27-25-54(69-56)60(44-12-6-2-7-13-44)52-23-21-50(67-52)59(43-10-4-1-5-11-43)51-22-24-53(68-51)61(45-14-8-3-9-15-45)55-26-28-57(62)70-55/h1-29,42,67,70H,30-41H2. The number of nitrogens with zero attached hydrogens (tertiary/aromatic N) is 2. The van der Waals surface area contributed by atoms with Crippen LogP contribution in [0.5, 0.6) is 0 Å². The Hall–Kier alpha value is -7.70. The summed E-state index contributed by atoms with van der Waals surface area (Å²) < 4.78 is 0. The van der Waals surface area contributed by atoms with Crippen LogP contribution in [0.3, 0.4) is 0 Å². The van der Waals surface area contributed by atoms with E-state index in [9.17, 15) is 9.59 Å². The molecular formula is C66H56N4O2. The van der Waals surface area contributed by atoms with E-state index in [-0.39, 0.29) is 22.4 Å². The third-order valence-corrected chi connectivity index (χ3v) is 18.9. The van der Waals surface area contributed by atoms with Gasteiger partial charge in [0.25, 0.3) is 0 Å². The number of carbonyl (C=O) groups is 2. The van der Waals surface area contributed by atoms with Gasteiger partial charge in [0.15, 0.2) is 11.6 Å². The number of benzene rings is 4. The van der Waals surface area contributed by atoms with Gasteiger partial charge in [-0.1, -0.05) is 115 Å². The Morgan fingerprint density at radius 3 is 1.07 bits per heavy atom. The topological polar surface area (TPSA) is 91.5 Å². The zero-order valence-corrected chi connectivity index (χ0v) is 40.5. The maximum atomic E-state index is 13.1. The summed E-state index contributed by atoms with van der Waals surface area (Å²) in [6.45, 7) is 0. The highest BCUT2D eigenvalue weighted by atomic mass is 16.1. The van der Waals surface area contributed by atoms with Gasteiger partial charge in [0.1, 0.15) is 0 Å². The molecule has 0 atom stereocenters. The van der Waals surface area contributed by atoms with Crippen LogP contribution in [0.25, 0.3) is 90.9 Å². The molecule has 6 nitrogen and oxygen atoms in total. The minimum atomic E-state index is -0.108. The first-order valence-electron chi connectivity index (χ1n) is 26.2. The first-order valence-corrected chi connectivity index (χ1v) is 26.2. The van der Waals surface area contributed by atoms with Gasteiger partial charge in [-0.15, -0.1) is 0 Å². The summed E-state index contributed by atoms with van der Waals surface area (Å²) in [7, 11) is 0. The molecule has 6 fully saturated rings. The molecule has 352 valence electrons. The molecule has 72 heavy (non-hydrogen) atoms. The number of nitrogens with one attached hydrogen (secondary N) is 2. The predicted molar refractivity (Wildman–Crippen MR) is 292 cm³/mol. The van der Waals surface area contributed by atoms with E-state index in [2.05, 4.69) is 174 Å². The van der Waals surface area contributed by atoms with Crippen molar-refractivity contribution < 1.29 is 9.59 Å². The summed E-state index contributed by atoms with van der Waals surface area (Å²) in [4.78, 5) is 44.3. The molecule has 7 aliphatic carbocycles. The minimum absolute atomic E-state index is 0.0280. The average Bonchev–Trinajstić information content (AvgIpc) is 4.31. The van der Waals surface area contributed by atoms with Crippen molar-refractivity contribution in [1.29, 1.82) is 0 Å². The van der Waals surface area contributed by atoms with Gasteiger partial charge in [-0.05, 0) is 193 Å². The number of rotatable bonds is 7. The molecule has 5 heterocycles. The van der Waals surface area contributed by atoms with Crippen LogP contribution < -0.4 is 0 Å². The second-order valence-corrected chi connectivity index (χ2v) is 22.0. The van der Waals surface area contributed by atoms with Crippen LogP contribution in [-0.2, 0) is 15.0 Å². The maximum Gasteiger partial charge on any atom is 0.182 e. The fraction of sp³-hybridized carbons (Fsp3) is 0.242. The van der Waals surface area contributed by atoms with E-state index in [1.807, 2.05) is 0 Å². The third kappa shape index (κ3) is 6.75. The van der Waals surface area contributed by atoms with Crippen molar-refractivity contribution in [3.63, 3.8) is 0 Å². The lowest BCUT2D eigenvalue weighted by Crippen LogP contribution is -2.57. The van der Waals surface area contributed by atoms with E-state index in [4.69, 9.17) is 9.97 Å². The Balaban J connectivity index is 0.874. The number of hydrogen-bond donors (Lipinski definition) is 2. The van der Waals surface area contributed by atoms with Crippen molar-refractivity contribution in [2.24, 2.45) is 16.2 Å². The summed E-state index contributed by atoms with van der Waals surface area (Å²) in [5.74, 6) is 0.0326. The quantitative estimate of drug-likeness (QED) is 0.156. The van der Waals surface area contributed by atoms with Crippen LogP contribution in [0.4, 0.5) is 0 Å². The van der Waals surface area contributed by atoms with Gasteiger partial charge < -0.3 is 9.97 Å². The molecule has 0 radical (unpaired) electrons. The number of aromatic nitrogens is 4. The molecule has 7 aromatic rings. The van der Waals surface area contributed by atoms with Crippen molar-refractivity contribution in [3.05, 3.63) is 192 Å². The highest BCUT2D eigenvalue weighted by Crippen LogP contribution is 2.73. The molecule has 2 N–H and O–H groups in total. The minimum Gasteiger partial charge on any atom is -0.354 e. The molecular weight excluding hydrogens is 881 g/mol. The van der Waals surface area contributed by atoms with Crippen LogP contribution in [0.15, 0.2) is 163 Å². The monoisotopic (exact) mass is 936 g/mol. The van der Waals surface area contributed by atoms with Crippen molar-refractivity contribution in [2.75, 3.05) is 0 Å². The molecule has 6 saturated carbocycles. The van der Waals surface area contributed by atoms with Crippen molar-refractivity contribution in [1.82, 2.24) is 19.9 Å². The molecule has 0 unspecified atom stereocenters. The molecule has 0 saturated heterocycles. The summed E-state index contributed by atoms with van der Waals surface area (Å²) >= 11 is 0. The highest BCUT2D eigenvalue weighted by Gasteiger charge is 2.63. The molecule has 16 rings (SSSR count). The number of carbonyl (C=O) groups excluding carboxylic acids is 2. The Kier molecular flexibility index (Phi) is 9.84. The van der Waals surface area contributed by atoms with Crippen LogP contribution >= 0.6 is 0 Å². The number of H-pyrrole nitrogens is 2. The Morgan fingerprint density at radius 1 is 0.347 bits per heavy atom. The summed E-state index contributed by atoms with van der Waals surface area (Å²) in [6.07, 6.45) is 27.5. The van der Waals surface area contributed by atoms with Gasteiger partial charge in [-0.2, -0.15) is 0 Å². The van der Waals surface area contributed by atoms with Gasteiger partial charge in [-0.3, -0.25) is 9.59 Å². The zero-order chi connectivity index (χ0) is 48.1. The van der Waals surface area contributed by atoms with E-state index in [0.717, 1.165) is 114 Å². The van der Waals surface area contributed by atoms with Crippen molar-refractivity contribution in [3.8, 4) is 44.5 Å². The van der Waals surface area contributed by atoms with E-state index < -0.39 is 0 Å². The van der Waals surface area contributed by atoms with Gasteiger partial charge >= 0.3 is 0 Å². The lowest BCUT2D eigenvalue weighted by molar-refractivity contribution is -0.142. The van der Waals surface area contributed by atoms with Gasteiger partial charge in [0, 0.05) is 49.9 Å². The Morgan fingerprint density at radius 2 is 0.694 bits per heavy atom. The third-order valence-electron chi connectivity index (χ3n) is 18.9. The molecule has 3 aromatic heterocycles.